The van der Waals surface area contributed by atoms with Gasteiger partial charge in [0.1, 0.15) is 17.4 Å². The highest BCUT2D eigenvalue weighted by Crippen LogP contribution is 2.08. The summed E-state index contributed by atoms with van der Waals surface area (Å²) in [5.41, 5.74) is 2.09. The topological polar surface area (TPSA) is 75.9 Å². The number of imidazole rings is 1. The monoisotopic (exact) mass is 316 g/mol. The van der Waals surface area contributed by atoms with Gasteiger partial charge in [-0.1, -0.05) is 0 Å². The summed E-state index contributed by atoms with van der Waals surface area (Å²) in [5, 5.41) is 2.72. The molecule has 122 valence electrons. The maximum Gasteiger partial charge on any atom is 0.272 e. The minimum Gasteiger partial charge on any atom is -0.378 e. The summed E-state index contributed by atoms with van der Waals surface area (Å²) in [5.74, 6) is -0.443. The number of nitrogens with one attached hydrogen (secondary N) is 1. The number of rotatable bonds is 3. The van der Waals surface area contributed by atoms with Crippen LogP contribution in [0.1, 0.15) is 23.0 Å². The Morgan fingerprint density at radius 3 is 2.83 bits per heavy atom. The van der Waals surface area contributed by atoms with Gasteiger partial charge in [-0.05, 0) is 31.5 Å². The van der Waals surface area contributed by atoms with E-state index >= 15 is 0 Å². The smallest absolute Gasteiger partial charge is 0.272 e. The number of morpholine rings is 1. The van der Waals surface area contributed by atoms with Gasteiger partial charge >= 0.3 is 0 Å². The average Bonchev–Trinajstić information content (AvgIpc) is 2.98. The van der Waals surface area contributed by atoms with Crippen molar-refractivity contribution in [3.63, 3.8) is 0 Å². The summed E-state index contributed by atoms with van der Waals surface area (Å²) in [7, 11) is 0. The lowest BCUT2D eigenvalue weighted by Crippen LogP contribution is -2.50. The SMILES string of the molecule is Cc1ccn2cc(C(=O)N[C@H](C)C(=O)N3CCOCC3)nc2c1. The van der Waals surface area contributed by atoms with Crippen molar-refractivity contribution in [1.82, 2.24) is 19.6 Å². The molecule has 1 aliphatic rings. The molecule has 0 aliphatic carbocycles. The molecule has 1 aliphatic heterocycles. The predicted molar refractivity (Wildman–Crippen MR) is 84.3 cm³/mol. The van der Waals surface area contributed by atoms with Crippen molar-refractivity contribution >= 4 is 17.5 Å². The first kappa shape index (κ1) is 15.5. The van der Waals surface area contributed by atoms with E-state index in [0.29, 0.717) is 37.6 Å². The molecular weight excluding hydrogens is 296 g/mol. The van der Waals surface area contributed by atoms with Crippen molar-refractivity contribution < 1.29 is 14.3 Å². The molecule has 7 nitrogen and oxygen atoms in total. The molecule has 3 heterocycles. The molecule has 7 heteroatoms. The number of fused-ring (bicyclic) bond motifs is 1. The summed E-state index contributed by atoms with van der Waals surface area (Å²) < 4.78 is 7.02. The number of ether oxygens (including phenoxy) is 1. The molecule has 2 aromatic rings. The summed E-state index contributed by atoms with van der Waals surface area (Å²) >= 11 is 0. The normalized spacial score (nSPS) is 16.3. The number of carbonyl (C=O) groups is 2. The van der Waals surface area contributed by atoms with Gasteiger partial charge < -0.3 is 19.4 Å². The molecule has 2 aromatic heterocycles. The molecule has 0 bridgehead atoms. The molecule has 1 saturated heterocycles. The third kappa shape index (κ3) is 3.34. The predicted octanol–water partition coefficient (Wildman–Crippen LogP) is 0.620. The van der Waals surface area contributed by atoms with E-state index in [9.17, 15) is 9.59 Å². The van der Waals surface area contributed by atoms with E-state index in [1.165, 1.54) is 0 Å². The van der Waals surface area contributed by atoms with Gasteiger partial charge in [-0.2, -0.15) is 0 Å². The fourth-order valence-electron chi connectivity index (χ4n) is 2.58. The molecule has 3 rings (SSSR count). The molecule has 1 N–H and O–H groups in total. The van der Waals surface area contributed by atoms with Gasteiger partial charge in [0.2, 0.25) is 5.91 Å². The first-order valence-corrected chi connectivity index (χ1v) is 7.67. The highest BCUT2D eigenvalue weighted by atomic mass is 16.5. The maximum atomic E-state index is 12.3. The molecular formula is C16H20N4O3. The molecule has 1 atom stereocenters. The van der Waals surface area contributed by atoms with Crippen molar-refractivity contribution in [3.05, 3.63) is 35.8 Å². The van der Waals surface area contributed by atoms with Gasteiger partial charge in [0.15, 0.2) is 0 Å². The van der Waals surface area contributed by atoms with E-state index in [2.05, 4.69) is 10.3 Å². The Hall–Kier alpha value is -2.41. The van der Waals surface area contributed by atoms with Crippen molar-refractivity contribution in [2.45, 2.75) is 19.9 Å². The fourth-order valence-corrected chi connectivity index (χ4v) is 2.58. The van der Waals surface area contributed by atoms with Crippen LogP contribution in [0.3, 0.4) is 0 Å². The van der Waals surface area contributed by atoms with Crippen LogP contribution in [0.15, 0.2) is 24.5 Å². The van der Waals surface area contributed by atoms with Crippen LogP contribution in [-0.2, 0) is 9.53 Å². The number of hydrogen-bond acceptors (Lipinski definition) is 4. The summed E-state index contributed by atoms with van der Waals surface area (Å²) in [6.07, 6.45) is 3.52. The number of hydrogen-bond donors (Lipinski definition) is 1. The van der Waals surface area contributed by atoms with Gasteiger partial charge in [-0.25, -0.2) is 4.98 Å². The molecule has 0 unspecified atom stereocenters. The lowest BCUT2D eigenvalue weighted by atomic mass is 10.2. The van der Waals surface area contributed by atoms with Gasteiger partial charge in [0.25, 0.3) is 5.91 Å². The van der Waals surface area contributed by atoms with Gasteiger partial charge in [-0.3, -0.25) is 9.59 Å². The molecule has 1 fully saturated rings. The highest BCUT2D eigenvalue weighted by molar-refractivity contribution is 5.96. The Morgan fingerprint density at radius 2 is 2.09 bits per heavy atom. The zero-order valence-electron chi connectivity index (χ0n) is 13.3. The Balaban J connectivity index is 1.68. The van der Waals surface area contributed by atoms with Crippen LogP contribution in [0.25, 0.3) is 5.65 Å². The average molecular weight is 316 g/mol. The molecule has 23 heavy (non-hydrogen) atoms. The van der Waals surface area contributed by atoms with Crippen LogP contribution in [0, 0.1) is 6.92 Å². The highest BCUT2D eigenvalue weighted by Gasteiger charge is 2.24. The number of pyridine rings is 1. The van der Waals surface area contributed by atoms with Crippen LogP contribution in [-0.4, -0.2) is 58.4 Å². The minimum absolute atomic E-state index is 0.0961. The van der Waals surface area contributed by atoms with Crippen LogP contribution in [0.4, 0.5) is 0 Å². The van der Waals surface area contributed by atoms with Crippen LogP contribution >= 0.6 is 0 Å². The summed E-state index contributed by atoms with van der Waals surface area (Å²) in [6.45, 7) is 5.86. The van der Waals surface area contributed by atoms with Crippen molar-refractivity contribution in [2.75, 3.05) is 26.3 Å². The Morgan fingerprint density at radius 1 is 1.35 bits per heavy atom. The van der Waals surface area contributed by atoms with Gasteiger partial charge in [-0.15, -0.1) is 0 Å². The lowest BCUT2D eigenvalue weighted by molar-refractivity contribution is -0.136. The second-order valence-electron chi connectivity index (χ2n) is 5.73. The van der Waals surface area contributed by atoms with Crippen molar-refractivity contribution in [1.29, 1.82) is 0 Å². The Bertz CT molecular complexity index is 734. The van der Waals surface area contributed by atoms with Gasteiger partial charge in [0, 0.05) is 25.5 Å². The quantitative estimate of drug-likeness (QED) is 0.901. The van der Waals surface area contributed by atoms with Crippen molar-refractivity contribution in [3.8, 4) is 0 Å². The van der Waals surface area contributed by atoms with E-state index in [0.717, 1.165) is 5.56 Å². The first-order chi connectivity index (χ1) is 11.0. The zero-order valence-corrected chi connectivity index (χ0v) is 13.3. The number of amides is 2. The zero-order chi connectivity index (χ0) is 16.4. The fraction of sp³-hybridized carbons (Fsp3) is 0.438. The standard InChI is InChI=1S/C16H20N4O3/c1-11-3-4-20-10-13(18-14(20)9-11)15(21)17-12(2)16(22)19-5-7-23-8-6-19/h3-4,9-10,12H,5-8H2,1-2H3,(H,17,21)/t12-/m1/s1. The summed E-state index contributed by atoms with van der Waals surface area (Å²) in [4.78, 5) is 30.6. The van der Waals surface area contributed by atoms with Crippen LogP contribution in [0.2, 0.25) is 0 Å². The second-order valence-corrected chi connectivity index (χ2v) is 5.73. The largest absolute Gasteiger partial charge is 0.378 e. The third-order valence-electron chi connectivity index (χ3n) is 3.89. The van der Waals surface area contributed by atoms with E-state index in [4.69, 9.17) is 4.74 Å². The first-order valence-electron chi connectivity index (χ1n) is 7.67. The minimum atomic E-state index is -0.591. The maximum absolute atomic E-state index is 12.3. The Labute approximate surface area is 134 Å². The molecule has 0 radical (unpaired) electrons. The third-order valence-corrected chi connectivity index (χ3v) is 3.89. The number of nitrogens with zero attached hydrogens (tertiary/aromatic N) is 3. The van der Waals surface area contributed by atoms with E-state index in [1.54, 1.807) is 22.4 Å². The van der Waals surface area contributed by atoms with Crippen LogP contribution < -0.4 is 5.32 Å². The molecule has 0 aromatic carbocycles. The van der Waals surface area contributed by atoms with Gasteiger partial charge in [0.05, 0.1) is 13.2 Å². The van der Waals surface area contributed by atoms with Crippen LogP contribution in [0.5, 0.6) is 0 Å². The molecule has 0 saturated carbocycles. The molecule has 2 amide bonds. The second kappa shape index (κ2) is 6.37. The number of aryl methyl sites for hydroxylation is 1. The Kier molecular flexibility index (Phi) is 4.29. The van der Waals surface area contributed by atoms with Crippen molar-refractivity contribution in [2.24, 2.45) is 0 Å². The lowest BCUT2D eigenvalue weighted by Gasteiger charge is -2.29. The van der Waals surface area contributed by atoms with E-state index < -0.39 is 6.04 Å². The summed E-state index contributed by atoms with van der Waals surface area (Å²) in [6, 6.07) is 3.26. The number of aromatic nitrogens is 2. The molecule has 0 spiro atoms. The number of carbonyl (C=O) groups excluding carboxylic acids is 2. The van der Waals surface area contributed by atoms with E-state index in [-0.39, 0.29) is 11.8 Å². The van der Waals surface area contributed by atoms with E-state index in [1.807, 2.05) is 25.3 Å².